The molecule has 9 heteroatoms. The molecule has 2 N–H and O–H groups in total. The minimum atomic E-state index is -0.321. The molecular weight excluding hydrogens is 448 g/mol. The van der Waals surface area contributed by atoms with Gasteiger partial charge in [0.25, 0.3) is 5.91 Å². The molecule has 0 unspecified atom stereocenters. The molecule has 4 aromatic rings. The van der Waals surface area contributed by atoms with Gasteiger partial charge in [0.2, 0.25) is 5.43 Å². The first kappa shape index (κ1) is 22.8. The molecule has 1 fully saturated rings. The molecule has 1 aliphatic heterocycles. The molecule has 1 aliphatic rings. The smallest absolute Gasteiger partial charge is 0.258 e. The Labute approximate surface area is 202 Å². The van der Waals surface area contributed by atoms with Crippen LogP contribution in [0.1, 0.15) is 23.2 Å². The second-order valence-corrected chi connectivity index (χ2v) is 10.0. The number of likely N-dealkylation sites (N-methyl/N-ethyl adjacent to an activating group) is 1. The van der Waals surface area contributed by atoms with Crippen LogP contribution in [0, 0.1) is 0 Å². The van der Waals surface area contributed by atoms with E-state index in [1.54, 1.807) is 6.20 Å². The molecule has 0 radical (unpaired) electrons. The van der Waals surface area contributed by atoms with E-state index in [1.165, 1.54) is 24.2 Å². The average Bonchev–Trinajstić information content (AvgIpc) is 3.46. The molecule has 0 saturated carbocycles. The van der Waals surface area contributed by atoms with Crippen LogP contribution >= 0.6 is 11.3 Å². The summed E-state index contributed by atoms with van der Waals surface area (Å²) >= 11 is 1.46. The van der Waals surface area contributed by atoms with Gasteiger partial charge in [0.1, 0.15) is 10.4 Å². The maximum Gasteiger partial charge on any atom is 0.258 e. The van der Waals surface area contributed by atoms with Gasteiger partial charge in [-0.05, 0) is 58.2 Å². The average molecular weight is 479 g/mol. The standard InChI is InChI=1S/C25H30N6O2S/c1-29(2)15-11-26-17-9-10-27-23-20(17)22(32)21(24(33)28-12-16-30-13-5-6-14-30)25-31(23)18-7-3-4-8-19(18)34-25/h3-4,7-10H,5-6,11-16H2,1-2H3,(H,26,27)(H,28,33). The number of amides is 1. The largest absolute Gasteiger partial charge is 0.383 e. The normalized spacial score (nSPS) is 14.6. The zero-order valence-electron chi connectivity index (χ0n) is 19.6. The molecule has 0 bridgehead atoms. The van der Waals surface area contributed by atoms with E-state index >= 15 is 0 Å². The summed E-state index contributed by atoms with van der Waals surface area (Å²) in [6.45, 7) is 4.96. The Bertz CT molecular complexity index is 1400. The summed E-state index contributed by atoms with van der Waals surface area (Å²) in [5, 5.41) is 6.84. The predicted octanol–water partition coefficient (Wildman–Crippen LogP) is 2.86. The number of anilines is 1. The highest BCUT2D eigenvalue weighted by Crippen LogP contribution is 2.32. The SMILES string of the molecule is CN(C)CCNc1ccnc2c1c(=O)c(C(=O)NCCN1CCCC1)c1sc3ccccc3n12. The fraction of sp³-hybridized carbons (Fsp3) is 0.400. The molecule has 178 valence electrons. The second kappa shape index (κ2) is 9.69. The number of carbonyl (C=O) groups is 1. The Morgan fingerprint density at radius 2 is 1.94 bits per heavy atom. The number of nitrogens with one attached hydrogen (secondary N) is 2. The summed E-state index contributed by atoms with van der Waals surface area (Å²) in [7, 11) is 4.01. The summed E-state index contributed by atoms with van der Waals surface area (Å²) < 4.78 is 2.97. The van der Waals surface area contributed by atoms with E-state index in [2.05, 4.69) is 25.4 Å². The highest BCUT2D eigenvalue weighted by Gasteiger charge is 2.24. The number of hydrogen-bond donors (Lipinski definition) is 2. The molecule has 34 heavy (non-hydrogen) atoms. The molecule has 1 saturated heterocycles. The van der Waals surface area contributed by atoms with Crippen LogP contribution in [0.4, 0.5) is 5.69 Å². The lowest BCUT2D eigenvalue weighted by molar-refractivity contribution is 0.0950. The lowest BCUT2D eigenvalue weighted by atomic mass is 10.1. The Kier molecular flexibility index (Phi) is 6.49. The van der Waals surface area contributed by atoms with Crippen molar-refractivity contribution in [2.24, 2.45) is 0 Å². The summed E-state index contributed by atoms with van der Waals surface area (Å²) in [5.41, 5.74) is 2.13. The number of pyridine rings is 2. The van der Waals surface area contributed by atoms with Crippen LogP contribution < -0.4 is 16.1 Å². The Balaban J connectivity index is 1.62. The highest BCUT2D eigenvalue weighted by molar-refractivity contribution is 7.24. The van der Waals surface area contributed by atoms with Crippen molar-refractivity contribution in [3.8, 4) is 0 Å². The summed E-state index contributed by atoms with van der Waals surface area (Å²) in [5.74, 6) is -0.321. The second-order valence-electron chi connectivity index (χ2n) is 9.01. The topological polar surface area (TPSA) is 82.0 Å². The number of para-hydroxylation sites is 1. The van der Waals surface area contributed by atoms with Crippen molar-refractivity contribution in [2.75, 3.05) is 58.7 Å². The molecule has 1 aromatic carbocycles. The van der Waals surface area contributed by atoms with Crippen molar-refractivity contribution in [1.29, 1.82) is 0 Å². The van der Waals surface area contributed by atoms with Crippen molar-refractivity contribution in [1.82, 2.24) is 24.5 Å². The van der Waals surface area contributed by atoms with Crippen LogP contribution in [0.15, 0.2) is 41.3 Å². The van der Waals surface area contributed by atoms with Crippen LogP contribution in [-0.2, 0) is 0 Å². The van der Waals surface area contributed by atoms with Crippen molar-refractivity contribution < 1.29 is 4.79 Å². The Hall–Kier alpha value is -3.01. The monoisotopic (exact) mass is 478 g/mol. The minimum absolute atomic E-state index is 0.193. The number of thiazole rings is 1. The third-order valence-corrected chi connectivity index (χ3v) is 7.49. The van der Waals surface area contributed by atoms with Crippen molar-refractivity contribution in [3.05, 3.63) is 52.3 Å². The third-order valence-electron chi connectivity index (χ3n) is 6.34. The van der Waals surface area contributed by atoms with Gasteiger partial charge in [-0.2, -0.15) is 0 Å². The molecule has 4 heterocycles. The van der Waals surface area contributed by atoms with Gasteiger partial charge >= 0.3 is 0 Å². The molecule has 1 amide bonds. The van der Waals surface area contributed by atoms with Gasteiger partial charge in [-0.15, -0.1) is 11.3 Å². The van der Waals surface area contributed by atoms with Crippen molar-refractivity contribution in [3.63, 3.8) is 0 Å². The number of likely N-dealkylation sites (tertiary alicyclic amines) is 1. The number of aromatic nitrogens is 2. The maximum atomic E-state index is 13.8. The molecule has 5 rings (SSSR count). The number of nitrogens with zero attached hydrogens (tertiary/aromatic N) is 4. The Morgan fingerprint density at radius 3 is 2.74 bits per heavy atom. The molecule has 8 nitrogen and oxygen atoms in total. The number of fused-ring (bicyclic) bond motifs is 5. The van der Waals surface area contributed by atoms with Crippen LogP contribution in [0.3, 0.4) is 0 Å². The fourth-order valence-electron chi connectivity index (χ4n) is 4.61. The lowest BCUT2D eigenvalue weighted by Gasteiger charge is -2.16. The van der Waals surface area contributed by atoms with Crippen LogP contribution in [0.5, 0.6) is 0 Å². The lowest BCUT2D eigenvalue weighted by Crippen LogP contribution is -2.36. The number of rotatable bonds is 8. The van der Waals surface area contributed by atoms with Gasteiger partial charge in [0.15, 0.2) is 5.65 Å². The van der Waals surface area contributed by atoms with Gasteiger partial charge in [0, 0.05) is 32.4 Å². The van der Waals surface area contributed by atoms with E-state index in [0.29, 0.717) is 34.6 Å². The van der Waals surface area contributed by atoms with Gasteiger partial charge < -0.3 is 20.4 Å². The quantitative estimate of drug-likeness (QED) is 0.405. The van der Waals surface area contributed by atoms with Gasteiger partial charge in [-0.1, -0.05) is 12.1 Å². The molecule has 0 aliphatic carbocycles. The van der Waals surface area contributed by atoms with E-state index in [1.807, 2.05) is 48.8 Å². The number of carbonyl (C=O) groups excluding carboxylic acids is 1. The van der Waals surface area contributed by atoms with Crippen LogP contribution in [-0.4, -0.2) is 78.5 Å². The zero-order chi connectivity index (χ0) is 23.7. The molecule has 3 aromatic heterocycles. The minimum Gasteiger partial charge on any atom is -0.383 e. The number of benzene rings is 1. The van der Waals surface area contributed by atoms with Crippen LogP contribution in [0.2, 0.25) is 0 Å². The van der Waals surface area contributed by atoms with Gasteiger partial charge in [0.05, 0.1) is 21.3 Å². The summed E-state index contributed by atoms with van der Waals surface area (Å²) in [4.78, 5) is 36.9. The number of hydrogen-bond acceptors (Lipinski definition) is 7. The zero-order valence-corrected chi connectivity index (χ0v) is 20.5. The third kappa shape index (κ3) is 4.26. The van der Waals surface area contributed by atoms with Crippen molar-refractivity contribution in [2.45, 2.75) is 12.8 Å². The van der Waals surface area contributed by atoms with E-state index in [9.17, 15) is 9.59 Å². The van der Waals surface area contributed by atoms with E-state index in [0.717, 1.165) is 36.4 Å². The maximum absolute atomic E-state index is 13.8. The summed E-state index contributed by atoms with van der Waals surface area (Å²) in [6, 6.07) is 9.77. The highest BCUT2D eigenvalue weighted by atomic mass is 32.1. The molecular formula is C25H30N6O2S. The Morgan fingerprint density at radius 1 is 1.15 bits per heavy atom. The summed E-state index contributed by atoms with van der Waals surface area (Å²) in [6.07, 6.45) is 4.13. The van der Waals surface area contributed by atoms with E-state index in [-0.39, 0.29) is 16.9 Å². The predicted molar refractivity (Wildman–Crippen MR) is 139 cm³/mol. The van der Waals surface area contributed by atoms with E-state index in [4.69, 9.17) is 0 Å². The first-order valence-electron chi connectivity index (χ1n) is 11.8. The van der Waals surface area contributed by atoms with Gasteiger partial charge in [-0.25, -0.2) is 4.98 Å². The fourth-order valence-corrected chi connectivity index (χ4v) is 5.79. The van der Waals surface area contributed by atoms with Gasteiger partial charge in [-0.3, -0.25) is 14.0 Å². The van der Waals surface area contributed by atoms with E-state index < -0.39 is 0 Å². The molecule has 0 spiro atoms. The van der Waals surface area contributed by atoms with Crippen LogP contribution in [0.25, 0.3) is 26.1 Å². The van der Waals surface area contributed by atoms with Crippen molar-refractivity contribution >= 4 is 49.0 Å². The molecule has 0 atom stereocenters. The first-order chi connectivity index (χ1) is 16.5. The first-order valence-corrected chi connectivity index (χ1v) is 12.6.